The molecule has 1 spiro atoms. The number of piperidine rings is 1. The Morgan fingerprint density at radius 2 is 1.96 bits per heavy atom. The normalized spacial score (nSPS) is 22.5. The van der Waals surface area contributed by atoms with E-state index in [9.17, 15) is 19.5 Å². The van der Waals surface area contributed by atoms with Crippen molar-refractivity contribution in [2.45, 2.75) is 29.7 Å². The van der Waals surface area contributed by atoms with Crippen molar-refractivity contribution < 1.29 is 19.5 Å². The highest BCUT2D eigenvalue weighted by Gasteiger charge is 2.52. The van der Waals surface area contributed by atoms with Gasteiger partial charge in [-0.1, -0.05) is 12.1 Å². The molecule has 2 aliphatic heterocycles. The first-order valence-electron chi connectivity index (χ1n) is 7.93. The molecule has 2 fully saturated rings. The van der Waals surface area contributed by atoms with Gasteiger partial charge in [0.15, 0.2) is 0 Å². The van der Waals surface area contributed by atoms with Gasteiger partial charge in [0.1, 0.15) is 0 Å². The fraction of sp³-hybridized carbons (Fsp3) is 0.471. The van der Waals surface area contributed by atoms with Crippen LogP contribution in [0.15, 0.2) is 29.2 Å². The van der Waals surface area contributed by atoms with E-state index in [1.54, 1.807) is 4.90 Å². The number of hydrogen-bond donors (Lipinski definition) is 2. The van der Waals surface area contributed by atoms with Crippen LogP contribution in [-0.4, -0.2) is 52.7 Å². The van der Waals surface area contributed by atoms with Gasteiger partial charge in [-0.3, -0.25) is 14.4 Å². The highest BCUT2D eigenvalue weighted by Crippen LogP contribution is 2.37. The quantitative estimate of drug-likeness (QED) is 0.811. The molecule has 0 unspecified atom stereocenters. The number of carbonyl (C=O) groups excluding carboxylic acids is 2. The van der Waals surface area contributed by atoms with Crippen molar-refractivity contribution in [3.63, 3.8) is 0 Å². The first-order valence-corrected chi connectivity index (χ1v) is 9.15. The van der Waals surface area contributed by atoms with Gasteiger partial charge in [-0.15, -0.1) is 11.8 Å². The van der Waals surface area contributed by atoms with Crippen LogP contribution in [0.3, 0.4) is 0 Å². The Morgan fingerprint density at radius 1 is 1.29 bits per heavy atom. The Kier molecular flexibility index (Phi) is 4.54. The lowest BCUT2D eigenvalue weighted by atomic mass is 9.77. The average molecular weight is 348 g/mol. The van der Waals surface area contributed by atoms with Gasteiger partial charge in [0.05, 0.1) is 17.0 Å². The summed E-state index contributed by atoms with van der Waals surface area (Å²) < 4.78 is 0. The van der Waals surface area contributed by atoms with Gasteiger partial charge in [-0.25, -0.2) is 0 Å². The van der Waals surface area contributed by atoms with E-state index in [2.05, 4.69) is 5.32 Å². The lowest BCUT2D eigenvalue weighted by Crippen LogP contribution is -2.56. The molecule has 7 heteroatoms. The van der Waals surface area contributed by atoms with Gasteiger partial charge in [0, 0.05) is 24.4 Å². The van der Waals surface area contributed by atoms with E-state index in [1.807, 2.05) is 30.5 Å². The highest BCUT2D eigenvalue weighted by molar-refractivity contribution is 7.98. The third kappa shape index (κ3) is 2.88. The van der Waals surface area contributed by atoms with E-state index in [-0.39, 0.29) is 18.2 Å². The molecule has 1 aromatic rings. The Hall–Kier alpha value is -2.02. The van der Waals surface area contributed by atoms with Crippen molar-refractivity contribution in [2.24, 2.45) is 5.92 Å². The van der Waals surface area contributed by atoms with Crippen LogP contribution in [0.25, 0.3) is 0 Å². The molecule has 2 saturated heterocycles. The van der Waals surface area contributed by atoms with Crippen LogP contribution >= 0.6 is 11.8 Å². The van der Waals surface area contributed by atoms with Crippen molar-refractivity contribution in [3.8, 4) is 0 Å². The number of nitrogens with one attached hydrogen (secondary N) is 1. The highest BCUT2D eigenvalue weighted by atomic mass is 32.2. The second-order valence-corrected chi connectivity index (χ2v) is 7.14. The van der Waals surface area contributed by atoms with Crippen LogP contribution in [-0.2, 0) is 9.59 Å². The summed E-state index contributed by atoms with van der Waals surface area (Å²) in [5.74, 6) is -1.90. The summed E-state index contributed by atoms with van der Waals surface area (Å²) in [5, 5.41) is 12.3. The molecule has 128 valence electrons. The Bertz CT molecular complexity index is 683. The smallest absolute Gasteiger partial charge is 0.309 e. The van der Waals surface area contributed by atoms with Gasteiger partial charge in [0.25, 0.3) is 5.91 Å². The molecule has 0 saturated carbocycles. The molecule has 2 N–H and O–H groups in total. The number of carboxylic acids is 1. The number of hydrogen-bond acceptors (Lipinski definition) is 4. The fourth-order valence-corrected chi connectivity index (χ4v) is 4.28. The second-order valence-electron chi connectivity index (χ2n) is 6.29. The number of nitrogens with zero attached hydrogens (tertiary/aromatic N) is 1. The zero-order chi connectivity index (χ0) is 17.3. The summed E-state index contributed by atoms with van der Waals surface area (Å²) in [7, 11) is 0. The van der Waals surface area contributed by atoms with Crippen molar-refractivity contribution in [3.05, 3.63) is 29.8 Å². The number of benzene rings is 1. The molecular formula is C17H20N2O4S. The minimum Gasteiger partial charge on any atom is -0.481 e. The van der Waals surface area contributed by atoms with Gasteiger partial charge in [0.2, 0.25) is 5.91 Å². The van der Waals surface area contributed by atoms with Crippen molar-refractivity contribution in [1.82, 2.24) is 10.2 Å². The maximum absolute atomic E-state index is 12.8. The summed E-state index contributed by atoms with van der Waals surface area (Å²) >= 11 is 1.53. The molecule has 1 atom stereocenters. The molecule has 1 aromatic carbocycles. The van der Waals surface area contributed by atoms with Gasteiger partial charge >= 0.3 is 5.97 Å². The predicted molar refractivity (Wildman–Crippen MR) is 90.0 cm³/mol. The Balaban J connectivity index is 1.74. The molecule has 2 heterocycles. The zero-order valence-corrected chi connectivity index (χ0v) is 14.3. The summed E-state index contributed by atoms with van der Waals surface area (Å²) in [6.07, 6.45) is 2.91. The molecule has 0 radical (unpaired) electrons. The van der Waals surface area contributed by atoms with Crippen LogP contribution in [0.5, 0.6) is 0 Å². The number of carbonyl (C=O) groups is 3. The average Bonchev–Trinajstić information content (AvgIpc) is 2.91. The fourth-order valence-electron chi connectivity index (χ4n) is 3.69. The molecule has 2 amide bonds. The lowest BCUT2D eigenvalue weighted by molar-refractivity contribution is -0.144. The number of carboxylic acid groups (broad SMARTS) is 1. The predicted octanol–water partition coefficient (Wildman–Crippen LogP) is 1.60. The van der Waals surface area contributed by atoms with Crippen LogP contribution in [0.4, 0.5) is 0 Å². The number of thioether (sulfide) groups is 1. The largest absolute Gasteiger partial charge is 0.481 e. The number of likely N-dealkylation sites (tertiary alicyclic amines) is 1. The van der Waals surface area contributed by atoms with E-state index in [4.69, 9.17) is 0 Å². The number of rotatable bonds is 3. The van der Waals surface area contributed by atoms with Crippen molar-refractivity contribution in [1.29, 1.82) is 0 Å². The summed E-state index contributed by atoms with van der Waals surface area (Å²) in [6, 6.07) is 7.48. The second kappa shape index (κ2) is 6.47. The van der Waals surface area contributed by atoms with E-state index in [1.165, 1.54) is 11.8 Å². The first-order chi connectivity index (χ1) is 11.5. The molecule has 0 aromatic heterocycles. The van der Waals surface area contributed by atoms with E-state index in [0.29, 0.717) is 31.5 Å². The van der Waals surface area contributed by atoms with Crippen molar-refractivity contribution in [2.75, 3.05) is 19.3 Å². The number of amides is 2. The van der Waals surface area contributed by atoms with E-state index < -0.39 is 17.4 Å². The summed E-state index contributed by atoms with van der Waals surface area (Å²) in [5.41, 5.74) is -0.0372. The molecular weight excluding hydrogens is 328 g/mol. The maximum atomic E-state index is 12.8. The number of aliphatic carboxylic acids is 1. The third-order valence-corrected chi connectivity index (χ3v) is 5.82. The molecule has 2 aliphatic rings. The standard InChI is InChI=1S/C17H20N2O4S/c1-24-13-5-3-2-4-11(13)15(21)19-8-6-17(7-9-19)12(16(22)23)10-14(20)18-17/h2-5,12H,6-10H2,1H3,(H,18,20)(H,22,23)/t12-/m1/s1. The molecule has 3 rings (SSSR count). The van der Waals surface area contributed by atoms with Gasteiger partial charge in [-0.2, -0.15) is 0 Å². The van der Waals surface area contributed by atoms with Crippen LogP contribution in [0.2, 0.25) is 0 Å². The minimum atomic E-state index is -0.944. The molecule has 24 heavy (non-hydrogen) atoms. The topological polar surface area (TPSA) is 86.7 Å². The molecule has 0 bridgehead atoms. The molecule has 0 aliphatic carbocycles. The summed E-state index contributed by atoms with van der Waals surface area (Å²) in [6.45, 7) is 0.900. The van der Waals surface area contributed by atoms with E-state index >= 15 is 0 Å². The van der Waals surface area contributed by atoms with Crippen LogP contribution in [0.1, 0.15) is 29.6 Å². The van der Waals surface area contributed by atoms with E-state index in [0.717, 1.165) is 4.90 Å². The third-order valence-electron chi connectivity index (χ3n) is 5.02. The maximum Gasteiger partial charge on any atom is 0.309 e. The molecule has 6 nitrogen and oxygen atoms in total. The van der Waals surface area contributed by atoms with Gasteiger partial charge < -0.3 is 15.3 Å². The monoisotopic (exact) mass is 348 g/mol. The first kappa shape index (κ1) is 16.8. The zero-order valence-electron chi connectivity index (χ0n) is 13.4. The van der Waals surface area contributed by atoms with Crippen LogP contribution in [0, 0.1) is 5.92 Å². The SMILES string of the molecule is CSc1ccccc1C(=O)N1CCC2(CC1)NC(=O)C[C@@H]2C(=O)O. The van der Waals surface area contributed by atoms with Crippen molar-refractivity contribution >= 4 is 29.5 Å². The lowest BCUT2D eigenvalue weighted by Gasteiger charge is -2.41. The Morgan fingerprint density at radius 3 is 2.58 bits per heavy atom. The minimum absolute atomic E-state index is 0.0264. The van der Waals surface area contributed by atoms with Gasteiger partial charge in [-0.05, 0) is 31.2 Å². The Labute approximate surface area is 144 Å². The van der Waals surface area contributed by atoms with Crippen LogP contribution < -0.4 is 5.32 Å². The summed E-state index contributed by atoms with van der Waals surface area (Å²) in [4.78, 5) is 38.6.